The molecule has 2 aromatic carbocycles. The van der Waals surface area contributed by atoms with Crippen molar-refractivity contribution in [2.24, 2.45) is 5.73 Å². The van der Waals surface area contributed by atoms with Gasteiger partial charge in [0.25, 0.3) is 0 Å². The minimum absolute atomic E-state index is 0.0103. The van der Waals surface area contributed by atoms with E-state index in [1.807, 2.05) is 6.92 Å². The van der Waals surface area contributed by atoms with Gasteiger partial charge in [0.2, 0.25) is 0 Å². The number of nitrogens with two attached hydrogens (primary N) is 1. The smallest absolute Gasteiger partial charge is 0.146 e. The fourth-order valence-corrected chi connectivity index (χ4v) is 2.66. The normalized spacial score (nSPS) is 12.3. The van der Waals surface area contributed by atoms with Crippen LogP contribution in [0, 0.1) is 5.82 Å². The highest BCUT2D eigenvalue weighted by atomic mass is 35.5. The second-order valence-corrected chi connectivity index (χ2v) is 5.58. The summed E-state index contributed by atoms with van der Waals surface area (Å²) in [5.41, 5.74) is 6.86. The predicted molar refractivity (Wildman–Crippen MR) is 85.1 cm³/mol. The molecular formula is C15H13Cl3FNO. The zero-order valence-electron chi connectivity index (χ0n) is 11.2. The maximum atomic E-state index is 14.1. The second-order valence-electron chi connectivity index (χ2n) is 4.36. The molecule has 2 rings (SSSR count). The molecule has 0 heterocycles. The molecular weight excluding hydrogens is 336 g/mol. The number of ether oxygens (including phenoxy) is 1. The Bertz CT molecular complexity index is 664. The summed E-state index contributed by atoms with van der Waals surface area (Å²) in [6.45, 7) is 2.30. The van der Waals surface area contributed by atoms with Crippen molar-refractivity contribution in [1.82, 2.24) is 0 Å². The van der Waals surface area contributed by atoms with Crippen LogP contribution in [0.2, 0.25) is 15.1 Å². The van der Waals surface area contributed by atoms with E-state index in [-0.39, 0.29) is 10.6 Å². The zero-order valence-corrected chi connectivity index (χ0v) is 13.4. The van der Waals surface area contributed by atoms with Crippen molar-refractivity contribution in [2.45, 2.75) is 13.0 Å². The molecule has 2 aromatic rings. The minimum atomic E-state index is -0.774. The Hall–Kier alpha value is -1.00. The van der Waals surface area contributed by atoms with Crippen molar-refractivity contribution in [1.29, 1.82) is 0 Å². The van der Waals surface area contributed by atoms with Gasteiger partial charge < -0.3 is 10.5 Å². The Kier molecular flexibility index (Phi) is 5.33. The Morgan fingerprint density at radius 3 is 2.48 bits per heavy atom. The van der Waals surface area contributed by atoms with Crippen LogP contribution < -0.4 is 10.5 Å². The minimum Gasteiger partial charge on any atom is -0.492 e. The first-order chi connectivity index (χ1) is 9.95. The van der Waals surface area contributed by atoms with Crippen molar-refractivity contribution in [3.05, 3.63) is 62.3 Å². The molecule has 0 amide bonds. The molecule has 0 saturated heterocycles. The van der Waals surface area contributed by atoms with Crippen molar-refractivity contribution < 1.29 is 9.13 Å². The third-order valence-electron chi connectivity index (χ3n) is 3.00. The van der Waals surface area contributed by atoms with Crippen LogP contribution in [0.5, 0.6) is 5.75 Å². The SMILES string of the molecule is CCOc1cc(Cl)c(C(N)c2cccc(Cl)c2F)cc1Cl. The fraction of sp³-hybridized carbons (Fsp3) is 0.200. The van der Waals surface area contributed by atoms with Gasteiger partial charge in [-0.25, -0.2) is 4.39 Å². The van der Waals surface area contributed by atoms with Crippen molar-refractivity contribution >= 4 is 34.8 Å². The van der Waals surface area contributed by atoms with Crippen molar-refractivity contribution in [3.8, 4) is 5.75 Å². The summed E-state index contributed by atoms with van der Waals surface area (Å²) in [4.78, 5) is 0. The Labute approximate surface area is 137 Å². The summed E-state index contributed by atoms with van der Waals surface area (Å²) < 4.78 is 19.4. The summed E-state index contributed by atoms with van der Waals surface area (Å²) in [5, 5.41) is 0.736. The molecule has 0 aliphatic rings. The quantitative estimate of drug-likeness (QED) is 0.821. The van der Waals surface area contributed by atoms with Gasteiger partial charge in [0, 0.05) is 16.7 Å². The summed E-state index contributed by atoms with van der Waals surface area (Å²) in [6.07, 6.45) is 0. The number of hydrogen-bond acceptors (Lipinski definition) is 2. The predicted octanol–water partition coefficient (Wildman–Crippen LogP) is 5.23. The van der Waals surface area contributed by atoms with Crippen LogP contribution in [-0.4, -0.2) is 6.61 Å². The molecule has 0 aliphatic carbocycles. The summed E-state index contributed by atoms with van der Waals surface area (Å²) >= 11 is 18.1. The van der Waals surface area contributed by atoms with Crippen LogP contribution >= 0.6 is 34.8 Å². The number of benzene rings is 2. The van der Waals surface area contributed by atoms with Gasteiger partial charge in [-0.15, -0.1) is 0 Å². The van der Waals surface area contributed by atoms with Gasteiger partial charge in [-0.3, -0.25) is 0 Å². The van der Waals surface area contributed by atoms with E-state index in [9.17, 15) is 4.39 Å². The fourth-order valence-electron chi connectivity index (χ4n) is 1.98. The maximum absolute atomic E-state index is 14.1. The first-order valence-corrected chi connectivity index (χ1v) is 7.40. The van der Waals surface area contributed by atoms with E-state index in [1.165, 1.54) is 6.07 Å². The Balaban J connectivity index is 2.46. The number of halogens is 4. The number of rotatable bonds is 4. The van der Waals surface area contributed by atoms with E-state index >= 15 is 0 Å². The molecule has 6 heteroatoms. The third-order valence-corrected chi connectivity index (χ3v) is 3.92. The van der Waals surface area contributed by atoms with Crippen LogP contribution in [0.15, 0.2) is 30.3 Å². The van der Waals surface area contributed by atoms with E-state index in [2.05, 4.69) is 0 Å². The second kappa shape index (κ2) is 6.84. The van der Waals surface area contributed by atoms with E-state index in [1.54, 1.807) is 24.3 Å². The van der Waals surface area contributed by atoms with Crippen LogP contribution in [0.25, 0.3) is 0 Å². The Morgan fingerprint density at radius 1 is 1.10 bits per heavy atom. The average Bonchev–Trinajstić information content (AvgIpc) is 2.45. The first-order valence-electron chi connectivity index (χ1n) is 6.27. The maximum Gasteiger partial charge on any atom is 0.146 e. The van der Waals surface area contributed by atoms with Crippen molar-refractivity contribution in [2.75, 3.05) is 6.61 Å². The molecule has 112 valence electrons. The zero-order chi connectivity index (χ0) is 15.6. The molecule has 2 N–H and O–H groups in total. The number of hydrogen-bond donors (Lipinski definition) is 1. The van der Waals surface area contributed by atoms with E-state index in [0.29, 0.717) is 28.0 Å². The van der Waals surface area contributed by atoms with E-state index in [4.69, 9.17) is 45.3 Å². The molecule has 0 saturated carbocycles. The molecule has 0 aromatic heterocycles. The summed E-state index contributed by atoms with van der Waals surface area (Å²) in [7, 11) is 0. The topological polar surface area (TPSA) is 35.2 Å². The molecule has 0 bridgehead atoms. The lowest BCUT2D eigenvalue weighted by molar-refractivity contribution is 0.340. The van der Waals surface area contributed by atoms with Gasteiger partial charge >= 0.3 is 0 Å². The third kappa shape index (κ3) is 3.43. The molecule has 1 atom stereocenters. The van der Waals surface area contributed by atoms with E-state index in [0.717, 1.165) is 0 Å². The standard InChI is InChI=1S/C15H13Cl3FNO/c1-2-21-13-7-11(17)9(6-12(13)18)15(20)8-4-3-5-10(16)14(8)19/h3-7,15H,2,20H2,1H3. The van der Waals surface area contributed by atoms with Gasteiger partial charge in [-0.1, -0.05) is 46.9 Å². The van der Waals surface area contributed by atoms with Crippen molar-refractivity contribution in [3.63, 3.8) is 0 Å². The van der Waals surface area contributed by atoms with Gasteiger partial charge in [0.15, 0.2) is 0 Å². The highest BCUT2D eigenvalue weighted by molar-refractivity contribution is 6.34. The van der Waals surface area contributed by atoms with Crippen LogP contribution in [0.4, 0.5) is 4.39 Å². The van der Waals surface area contributed by atoms with Crippen LogP contribution in [0.3, 0.4) is 0 Å². The lowest BCUT2D eigenvalue weighted by Crippen LogP contribution is -2.14. The van der Waals surface area contributed by atoms with Gasteiger partial charge in [-0.05, 0) is 24.6 Å². The monoisotopic (exact) mass is 347 g/mol. The highest BCUT2D eigenvalue weighted by Gasteiger charge is 2.20. The van der Waals surface area contributed by atoms with Crippen LogP contribution in [0.1, 0.15) is 24.1 Å². The largest absolute Gasteiger partial charge is 0.492 e. The summed E-state index contributed by atoms with van der Waals surface area (Å²) in [6, 6.07) is 7.03. The molecule has 0 aliphatic heterocycles. The molecule has 1 unspecified atom stereocenters. The lowest BCUT2D eigenvalue weighted by Gasteiger charge is -2.17. The molecule has 2 nitrogen and oxygen atoms in total. The first kappa shape index (κ1) is 16.4. The Morgan fingerprint density at radius 2 is 1.81 bits per heavy atom. The van der Waals surface area contributed by atoms with E-state index < -0.39 is 11.9 Å². The summed E-state index contributed by atoms with van der Waals surface area (Å²) in [5.74, 6) is -0.0978. The lowest BCUT2D eigenvalue weighted by atomic mass is 9.99. The molecule has 21 heavy (non-hydrogen) atoms. The highest BCUT2D eigenvalue weighted by Crippen LogP contribution is 2.36. The van der Waals surface area contributed by atoms with Gasteiger partial charge in [0.1, 0.15) is 11.6 Å². The van der Waals surface area contributed by atoms with Gasteiger partial charge in [0.05, 0.1) is 22.7 Å². The molecule has 0 spiro atoms. The molecule has 0 fully saturated rings. The van der Waals surface area contributed by atoms with Gasteiger partial charge in [-0.2, -0.15) is 0 Å². The molecule has 0 radical (unpaired) electrons. The van der Waals surface area contributed by atoms with Crippen LogP contribution in [-0.2, 0) is 0 Å². The average molecular weight is 349 g/mol.